The van der Waals surface area contributed by atoms with Crippen molar-refractivity contribution in [2.75, 3.05) is 25.4 Å². The second kappa shape index (κ2) is 8.75. The van der Waals surface area contributed by atoms with E-state index in [2.05, 4.69) is 12.1 Å². The Morgan fingerprint density at radius 3 is 2.46 bits per heavy atom. The van der Waals surface area contributed by atoms with E-state index in [4.69, 9.17) is 10.5 Å². The lowest BCUT2D eigenvalue weighted by atomic mass is 9.90. The SMILES string of the molecule is CCOc1ccc(CCC2CCN(C(=O)c3ccccc3N)CC2)cc1. The molecule has 2 N–H and O–H groups in total. The van der Waals surface area contributed by atoms with Gasteiger partial charge in [-0.15, -0.1) is 0 Å². The molecule has 0 aliphatic carbocycles. The van der Waals surface area contributed by atoms with Gasteiger partial charge >= 0.3 is 0 Å². The highest BCUT2D eigenvalue weighted by atomic mass is 16.5. The minimum absolute atomic E-state index is 0.0630. The number of nitrogens with two attached hydrogens (primary N) is 1. The summed E-state index contributed by atoms with van der Waals surface area (Å²) in [6, 6.07) is 15.7. The number of piperidine rings is 1. The molecule has 0 unspecified atom stereocenters. The fourth-order valence-electron chi connectivity index (χ4n) is 3.58. The lowest BCUT2D eigenvalue weighted by Gasteiger charge is -2.32. The van der Waals surface area contributed by atoms with Gasteiger partial charge in [-0.3, -0.25) is 4.79 Å². The van der Waals surface area contributed by atoms with Crippen molar-refractivity contribution in [2.45, 2.75) is 32.6 Å². The van der Waals surface area contributed by atoms with Crippen LogP contribution in [-0.2, 0) is 6.42 Å². The smallest absolute Gasteiger partial charge is 0.255 e. The molecule has 4 nitrogen and oxygen atoms in total. The summed E-state index contributed by atoms with van der Waals surface area (Å²) in [6.07, 6.45) is 4.38. The van der Waals surface area contributed by atoms with Crippen LogP contribution in [0.3, 0.4) is 0 Å². The maximum atomic E-state index is 12.6. The Hall–Kier alpha value is -2.49. The summed E-state index contributed by atoms with van der Waals surface area (Å²) in [5.41, 5.74) is 8.48. The van der Waals surface area contributed by atoms with Crippen LogP contribution < -0.4 is 10.5 Å². The van der Waals surface area contributed by atoms with E-state index < -0.39 is 0 Å². The zero-order valence-electron chi connectivity index (χ0n) is 15.5. The van der Waals surface area contributed by atoms with Crippen molar-refractivity contribution in [1.82, 2.24) is 4.90 Å². The largest absolute Gasteiger partial charge is 0.494 e. The number of benzene rings is 2. The van der Waals surface area contributed by atoms with E-state index in [9.17, 15) is 4.79 Å². The Bertz CT molecular complexity index is 719. The lowest BCUT2D eigenvalue weighted by Crippen LogP contribution is -2.38. The molecule has 26 heavy (non-hydrogen) atoms. The fourth-order valence-corrected chi connectivity index (χ4v) is 3.58. The van der Waals surface area contributed by atoms with Crippen molar-refractivity contribution in [3.63, 3.8) is 0 Å². The van der Waals surface area contributed by atoms with Crippen LogP contribution in [0.5, 0.6) is 5.75 Å². The zero-order valence-corrected chi connectivity index (χ0v) is 15.5. The van der Waals surface area contributed by atoms with Crippen molar-refractivity contribution in [1.29, 1.82) is 0 Å². The molecule has 4 heteroatoms. The third-order valence-corrected chi connectivity index (χ3v) is 5.17. The monoisotopic (exact) mass is 352 g/mol. The van der Waals surface area contributed by atoms with Crippen molar-refractivity contribution in [3.8, 4) is 5.75 Å². The average molecular weight is 352 g/mol. The number of nitrogen functional groups attached to an aromatic ring is 1. The van der Waals surface area contributed by atoms with E-state index in [0.717, 1.165) is 38.1 Å². The van der Waals surface area contributed by atoms with Crippen LogP contribution in [0.15, 0.2) is 48.5 Å². The molecule has 0 atom stereocenters. The molecule has 1 heterocycles. The molecule has 0 spiro atoms. The number of likely N-dealkylation sites (tertiary alicyclic amines) is 1. The van der Waals surface area contributed by atoms with Crippen LogP contribution in [0.2, 0.25) is 0 Å². The van der Waals surface area contributed by atoms with E-state index >= 15 is 0 Å². The van der Waals surface area contributed by atoms with Gasteiger partial charge in [0.2, 0.25) is 0 Å². The van der Waals surface area contributed by atoms with Crippen molar-refractivity contribution in [3.05, 3.63) is 59.7 Å². The molecule has 1 saturated heterocycles. The molecule has 1 amide bonds. The number of para-hydroxylation sites is 1. The Kier molecular flexibility index (Phi) is 6.16. The van der Waals surface area contributed by atoms with Crippen molar-refractivity contribution in [2.24, 2.45) is 5.92 Å². The molecule has 0 saturated carbocycles. The lowest BCUT2D eigenvalue weighted by molar-refractivity contribution is 0.0688. The molecular weight excluding hydrogens is 324 g/mol. The molecule has 1 aliphatic rings. The summed E-state index contributed by atoms with van der Waals surface area (Å²) >= 11 is 0. The number of rotatable bonds is 6. The summed E-state index contributed by atoms with van der Waals surface area (Å²) in [6.45, 7) is 4.34. The molecule has 138 valence electrons. The maximum absolute atomic E-state index is 12.6. The summed E-state index contributed by atoms with van der Waals surface area (Å²) < 4.78 is 5.49. The predicted molar refractivity (Wildman–Crippen MR) is 105 cm³/mol. The number of amides is 1. The van der Waals surface area contributed by atoms with Gasteiger partial charge in [-0.1, -0.05) is 24.3 Å². The Morgan fingerprint density at radius 2 is 1.81 bits per heavy atom. The van der Waals surface area contributed by atoms with Crippen molar-refractivity contribution >= 4 is 11.6 Å². The van der Waals surface area contributed by atoms with Crippen LogP contribution in [0.4, 0.5) is 5.69 Å². The van der Waals surface area contributed by atoms with Gasteiger partial charge in [-0.2, -0.15) is 0 Å². The third kappa shape index (κ3) is 4.57. The Labute approximate surface area is 156 Å². The quantitative estimate of drug-likeness (QED) is 0.795. The number of hydrogen-bond acceptors (Lipinski definition) is 3. The van der Waals surface area contributed by atoms with Gasteiger partial charge in [-0.25, -0.2) is 0 Å². The fraction of sp³-hybridized carbons (Fsp3) is 0.409. The Morgan fingerprint density at radius 1 is 1.12 bits per heavy atom. The van der Waals surface area contributed by atoms with Crippen LogP contribution >= 0.6 is 0 Å². The third-order valence-electron chi connectivity index (χ3n) is 5.17. The molecule has 1 aliphatic heterocycles. The highest BCUT2D eigenvalue weighted by molar-refractivity contribution is 5.99. The normalized spacial score (nSPS) is 15.0. The Balaban J connectivity index is 1.46. The molecule has 1 fully saturated rings. The molecule has 2 aromatic carbocycles. The van der Waals surface area contributed by atoms with E-state index in [0.29, 0.717) is 23.8 Å². The van der Waals surface area contributed by atoms with E-state index in [-0.39, 0.29) is 5.91 Å². The van der Waals surface area contributed by atoms with Crippen LogP contribution in [0.1, 0.15) is 42.1 Å². The van der Waals surface area contributed by atoms with Crippen LogP contribution in [0, 0.1) is 5.92 Å². The van der Waals surface area contributed by atoms with Gasteiger partial charge < -0.3 is 15.4 Å². The van der Waals surface area contributed by atoms with Gasteiger partial charge in [0.1, 0.15) is 5.75 Å². The van der Waals surface area contributed by atoms with Gasteiger partial charge in [0.05, 0.1) is 12.2 Å². The first-order valence-corrected chi connectivity index (χ1v) is 9.53. The molecular formula is C22H28N2O2. The van der Waals surface area contributed by atoms with Gasteiger partial charge in [-0.05, 0) is 68.4 Å². The minimum Gasteiger partial charge on any atom is -0.494 e. The summed E-state index contributed by atoms with van der Waals surface area (Å²) in [7, 11) is 0. The molecule has 3 rings (SSSR count). The number of carbonyl (C=O) groups is 1. The molecule has 0 radical (unpaired) electrons. The van der Waals surface area contributed by atoms with Gasteiger partial charge in [0.15, 0.2) is 0 Å². The predicted octanol–water partition coefficient (Wildman–Crippen LogP) is 4.15. The number of carbonyl (C=O) groups excluding carboxylic acids is 1. The minimum atomic E-state index is 0.0630. The summed E-state index contributed by atoms with van der Waals surface area (Å²) in [5, 5.41) is 0. The number of hydrogen-bond donors (Lipinski definition) is 1. The van der Waals surface area contributed by atoms with Crippen LogP contribution in [0.25, 0.3) is 0 Å². The average Bonchev–Trinajstić information content (AvgIpc) is 2.68. The highest BCUT2D eigenvalue weighted by Gasteiger charge is 2.24. The van der Waals surface area contributed by atoms with Crippen LogP contribution in [-0.4, -0.2) is 30.5 Å². The molecule has 0 bridgehead atoms. The first-order valence-electron chi connectivity index (χ1n) is 9.53. The van der Waals surface area contributed by atoms with Crippen molar-refractivity contribution < 1.29 is 9.53 Å². The van der Waals surface area contributed by atoms with Gasteiger partial charge in [0, 0.05) is 18.8 Å². The second-order valence-corrected chi connectivity index (χ2v) is 6.94. The second-order valence-electron chi connectivity index (χ2n) is 6.94. The van der Waals surface area contributed by atoms with E-state index in [1.54, 1.807) is 6.07 Å². The van der Waals surface area contributed by atoms with E-state index in [1.807, 2.05) is 42.2 Å². The number of nitrogens with zero attached hydrogens (tertiary/aromatic N) is 1. The zero-order chi connectivity index (χ0) is 18.4. The maximum Gasteiger partial charge on any atom is 0.255 e. The number of aryl methyl sites for hydroxylation is 1. The van der Waals surface area contributed by atoms with E-state index in [1.165, 1.54) is 12.0 Å². The summed E-state index contributed by atoms with van der Waals surface area (Å²) in [5.74, 6) is 1.68. The molecule has 0 aromatic heterocycles. The number of anilines is 1. The summed E-state index contributed by atoms with van der Waals surface area (Å²) in [4.78, 5) is 14.6. The first kappa shape index (κ1) is 18.3. The topological polar surface area (TPSA) is 55.6 Å². The highest BCUT2D eigenvalue weighted by Crippen LogP contribution is 2.25. The van der Waals surface area contributed by atoms with Gasteiger partial charge in [0.25, 0.3) is 5.91 Å². The first-order chi connectivity index (χ1) is 12.7. The number of ether oxygens (including phenoxy) is 1. The standard InChI is InChI=1S/C22H28N2O2/c1-2-26-19-11-9-17(10-12-19)7-8-18-13-15-24(16-14-18)22(25)20-5-3-4-6-21(20)23/h3-6,9-12,18H,2,7-8,13-16,23H2,1H3. The molecule has 2 aromatic rings.